The molecule has 5 nitrogen and oxygen atoms in total. The zero-order valence-electron chi connectivity index (χ0n) is 6.23. The average molecular weight is 167 g/mol. The maximum Gasteiger partial charge on any atom is 0.169 e. The number of nitrogens with one attached hydrogen (secondary N) is 2. The minimum Gasteiger partial charge on any atom is -0.369 e. The number of aliphatic hydroxyl groups excluding tert-OH is 2. The molecule has 0 fully saturated rings. The fraction of sp³-hybridized carbons (Fsp3) is 0.286. The molecular formula is C7H9N3O2. The van der Waals surface area contributed by atoms with E-state index in [0.29, 0.717) is 5.69 Å². The van der Waals surface area contributed by atoms with Gasteiger partial charge in [-0.2, -0.15) is 0 Å². The maximum absolute atomic E-state index is 9.18. The van der Waals surface area contributed by atoms with Crippen LogP contribution in [0.2, 0.25) is 0 Å². The molecule has 0 spiro atoms. The van der Waals surface area contributed by atoms with Crippen molar-refractivity contribution in [1.29, 1.82) is 0 Å². The van der Waals surface area contributed by atoms with Gasteiger partial charge < -0.3 is 20.8 Å². The molecule has 1 aromatic rings. The summed E-state index contributed by atoms with van der Waals surface area (Å²) in [5.74, 6) is 0. The molecule has 1 aromatic heterocycles. The van der Waals surface area contributed by atoms with E-state index < -0.39 is 12.5 Å². The summed E-state index contributed by atoms with van der Waals surface area (Å²) < 4.78 is 0. The molecule has 0 radical (unpaired) electrons. The predicted octanol–water partition coefficient (Wildman–Crippen LogP) is -0.444. The Bertz CT molecular complexity index is 263. The average Bonchev–Trinajstić information content (AvgIpc) is 2.07. The summed E-state index contributed by atoms with van der Waals surface area (Å²) in [5, 5.41) is 23.8. The van der Waals surface area contributed by atoms with Gasteiger partial charge in [0.25, 0.3) is 0 Å². The predicted molar refractivity (Wildman–Crippen MR) is 43.5 cm³/mol. The highest BCUT2D eigenvalue weighted by Gasteiger charge is 2.22. The zero-order chi connectivity index (χ0) is 8.55. The molecule has 0 saturated heterocycles. The first-order chi connectivity index (χ1) is 5.77. The van der Waals surface area contributed by atoms with Gasteiger partial charge in [0, 0.05) is 6.20 Å². The van der Waals surface area contributed by atoms with Crippen molar-refractivity contribution in [3.05, 3.63) is 18.5 Å². The largest absolute Gasteiger partial charge is 0.369 e. The number of hydrogen-bond donors (Lipinski definition) is 4. The first kappa shape index (κ1) is 7.33. The third-order valence-corrected chi connectivity index (χ3v) is 1.73. The lowest BCUT2D eigenvalue weighted by Crippen LogP contribution is -2.42. The van der Waals surface area contributed by atoms with Crippen molar-refractivity contribution in [2.45, 2.75) is 12.5 Å². The van der Waals surface area contributed by atoms with Gasteiger partial charge in [-0.15, -0.1) is 0 Å². The lowest BCUT2D eigenvalue weighted by atomic mass is 10.2. The van der Waals surface area contributed by atoms with E-state index in [2.05, 4.69) is 15.6 Å². The van der Waals surface area contributed by atoms with Gasteiger partial charge >= 0.3 is 0 Å². The molecule has 1 aliphatic rings. The second-order valence-corrected chi connectivity index (χ2v) is 2.60. The van der Waals surface area contributed by atoms with Crippen LogP contribution in [0.1, 0.15) is 0 Å². The number of nitrogens with zero attached hydrogens (tertiary/aromatic N) is 1. The Morgan fingerprint density at radius 3 is 2.58 bits per heavy atom. The molecule has 0 amide bonds. The molecule has 4 N–H and O–H groups in total. The molecule has 1 aliphatic heterocycles. The number of hydrogen-bond acceptors (Lipinski definition) is 5. The standard InChI is InChI=1S/C7H9N3O2/c11-6-7(12)10-5-3-8-2-1-4(5)9-6/h1-3,6-7,9-12H. The second kappa shape index (κ2) is 2.62. The maximum atomic E-state index is 9.18. The van der Waals surface area contributed by atoms with Crippen molar-refractivity contribution >= 4 is 11.4 Å². The summed E-state index contributed by atoms with van der Waals surface area (Å²) in [6.45, 7) is 0. The van der Waals surface area contributed by atoms with E-state index >= 15 is 0 Å². The molecule has 2 heterocycles. The van der Waals surface area contributed by atoms with Crippen molar-refractivity contribution in [3.8, 4) is 0 Å². The summed E-state index contributed by atoms with van der Waals surface area (Å²) in [7, 11) is 0. The van der Waals surface area contributed by atoms with Gasteiger partial charge in [-0.1, -0.05) is 0 Å². The van der Waals surface area contributed by atoms with Crippen LogP contribution < -0.4 is 10.6 Å². The Morgan fingerprint density at radius 2 is 1.83 bits per heavy atom. The molecular weight excluding hydrogens is 158 g/mol. The zero-order valence-corrected chi connectivity index (χ0v) is 6.23. The van der Waals surface area contributed by atoms with Crippen molar-refractivity contribution < 1.29 is 10.2 Å². The summed E-state index contributed by atoms with van der Waals surface area (Å²) in [6.07, 6.45) is 1.23. The van der Waals surface area contributed by atoms with E-state index in [4.69, 9.17) is 0 Å². The summed E-state index contributed by atoms with van der Waals surface area (Å²) in [6, 6.07) is 1.72. The van der Waals surface area contributed by atoms with E-state index in [9.17, 15) is 10.2 Å². The third-order valence-electron chi connectivity index (χ3n) is 1.73. The van der Waals surface area contributed by atoms with Crippen LogP contribution in [0.15, 0.2) is 18.5 Å². The number of aliphatic hydroxyl groups is 2. The number of pyridine rings is 1. The first-order valence-electron chi connectivity index (χ1n) is 3.60. The summed E-state index contributed by atoms with van der Waals surface area (Å²) in [5.41, 5.74) is 1.43. The molecule has 0 saturated carbocycles. The lowest BCUT2D eigenvalue weighted by Gasteiger charge is -2.28. The van der Waals surface area contributed by atoms with Crippen LogP contribution in [0.4, 0.5) is 11.4 Å². The third kappa shape index (κ3) is 1.09. The molecule has 12 heavy (non-hydrogen) atoms. The number of rotatable bonds is 0. The molecule has 5 heteroatoms. The van der Waals surface area contributed by atoms with Crippen LogP contribution in [-0.4, -0.2) is 27.7 Å². The van der Waals surface area contributed by atoms with Gasteiger partial charge in [0.2, 0.25) is 0 Å². The van der Waals surface area contributed by atoms with Gasteiger partial charge in [0.15, 0.2) is 12.5 Å². The molecule has 2 rings (SSSR count). The van der Waals surface area contributed by atoms with Crippen LogP contribution in [-0.2, 0) is 0 Å². The quantitative estimate of drug-likeness (QED) is 0.421. The van der Waals surface area contributed by atoms with Crippen molar-refractivity contribution in [2.24, 2.45) is 0 Å². The van der Waals surface area contributed by atoms with Gasteiger partial charge in [0.05, 0.1) is 17.6 Å². The van der Waals surface area contributed by atoms with Gasteiger partial charge in [0.1, 0.15) is 0 Å². The van der Waals surface area contributed by atoms with Gasteiger partial charge in [-0.25, -0.2) is 0 Å². The SMILES string of the molecule is OC1Nc2ccncc2NC1O. The lowest BCUT2D eigenvalue weighted by molar-refractivity contribution is 0.0527. The molecule has 0 bridgehead atoms. The molecule has 64 valence electrons. The van der Waals surface area contributed by atoms with E-state index in [1.165, 1.54) is 0 Å². The molecule has 0 aromatic carbocycles. The Kier molecular flexibility index (Phi) is 1.60. The van der Waals surface area contributed by atoms with Crippen molar-refractivity contribution in [2.75, 3.05) is 10.6 Å². The first-order valence-corrected chi connectivity index (χ1v) is 3.60. The monoisotopic (exact) mass is 167 g/mol. The molecule has 0 aliphatic carbocycles. The normalized spacial score (nSPS) is 26.8. The van der Waals surface area contributed by atoms with Crippen LogP contribution in [0, 0.1) is 0 Å². The van der Waals surface area contributed by atoms with E-state index in [1.807, 2.05) is 0 Å². The van der Waals surface area contributed by atoms with Crippen LogP contribution in [0.3, 0.4) is 0 Å². The van der Waals surface area contributed by atoms with Crippen molar-refractivity contribution in [1.82, 2.24) is 4.98 Å². The Balaban J connectivity index is 2.34. The molecule has 2 unspecified atom stereocenters. The molecule has 2 atom stereocenters. The minimum atomic E-state index is -0.985. The second-order valence-electron chi connectivity index (χ2n) is 2.60. The van der Waals surface area contributed by atoms with E-state index in [1.54, 1.807) is 18.5 Å². The Morgan fingerprint density at radius 1 is 1.17 bits per heavy atom. The number of aromatic nitrogens is 1. The summed E-state index contributed by atoms with van der Waals surface area (Å²) >= 11 is 0. The highest BCUT2D eigenvalue weighted by atomic mass is 16.4. The smallest absolute Gasteiger partial charge is 0.169 e. The highest BCUT2D eigenvalue weighted by Crippen LogP contribution is 2.25. The fourth-order valence-corrected chi connectivity index (χ4v) is 1.11. The van der Waals surface area contributed by atoms with Crippen LogP contribution in [0.25, 0.3) is 0 Å². The number of fused-ring (bicyclic) bond motifs is 1. The number of anilines is 2. The van der Waals surface area contributed by atoms with Crippen molar-refractivity contribution in [3.63, 3.8) is 0 Å². The topological polar surface area (TPSA) is 77.4 Å². The van der Waals surface area contributed by atoms with Gasteiger partial charge in [-0.05, 0) is 6.07 Å². The van der Waals surface area contributed by atoms with Crippen LogP contribution >= 0.6 is 0 Å². The van der Waals surface area contributed by atoms with Crippen LogP contribution in [0.5, 0.6) is 0 Å². The van der Waals surface area contributed by atoms with Gasteiger partial charge in [-0.3, -0.25) is 4.98 Å². The fourth-order valence-electron chi connectivity index (χ4n) is 1.11. The minimum absolute atomic E-state index is 0.690. The summed E-state index contributed by atoms with van der Waals surface area (Å²) in [4.78, 5) is 3.86. The highest BCUT2D eigenvalue weighted by molar-refractivity contribution is 5.69. The Labute approximate surface area is 69.1 Å². The van der Waals surface area contributed by atoms with E-state index in [0.717, 1.165) is 5.69 Å². The van der Waals surface area contributed by atoms with E-state index in [-0.39, 0.29) is 0 Å². The Hall–Kier alpha value is -1.33.